The second-order valence-electron chi connectivity index (χ2n) is 5.14. The van der Waals surface area contributed by atoms with Crippen molar-refractivity contribution in [3.05, 3.63) is 36.0 Å². The second-order valence-corrected chi connectivity index (χ2v) is 5.14. The van der Waals surface area contributed by atoms with Gasteiger partial charge in [0.05, 0.1) is 13.0 Å². The lowest BCUT2D eigenvalue weighted by Gasteiger charge is -2.36. The number of aryl methyl sites for hydroxylation is 1. The van der Waals surface area contributed by atoms with Gasteiger partial charge in [0.25, 0.3) is 5.91 Å². The van der Waals surface area contributed by atoms with Crippen LogP contribution in [0.25, 0.3) is 0 Å². The number of ether oxygens (including phenoxy) is 2. The molecule has 0 atom stereocenters. The van der Waals surface area contributed by atoms with Gasteiger partial charge in [0.2, 0.25) is 5.89 Å². The number of hydrogen-bond acceptors (Lipinski definition) is 6. The first-order valence-electron chi connectivity index (χ1n) is 7.00. The third-order valence-corrected chi connectivity index (χ3v) is 3.55. The third-order valence-electron chi connectivity index (χ3n) is 3.55. The summed E-state index contributed by atoms with van der Waals surface area (Å²) in [5, 5.41) is 3.76. The van der Waals surface area contributed by atoms with Gasteiger partial charge in [-0.1, -0.05) is 5.16 Å². The molecule has 0 saturated carbocycles. The van der Waals surface area contributed by atoms with Crippen molar-refractivity contribution in [1.82, 2.24) is 15.0 Å². The van der Waals surface area contributed by atoms with Crippen molar-refractivity contribution >= 4 is 5.91 Å². The molecule has 116 valence electrons. The van der Waals surface area contributed by atoms with E-state index in [2.05, 4.69) is 10.1 Å². The summed E-state index contributed by atoms with van der Waals surface area (Å²) in [4.78, 5) is 17.9. The topological polar surface area (TPSA) is 77.7 Å². The van der Waals surface area contributed by atoms with Gasteiger partial charge in [-0.3, -0.25) is 4.79 Å². The summed E-state index contributed by atoms with van der Waals surface area (Å²) in [5.41, 5.74) is 0. The van der Waals surface area contributed by atoms with Crippen molar-refractivity contribution in [2.75, 3.05) is 26.8 Å². The second kappa shape index (κ2) is 6.05. The minimum Gasteiger partial charge on any atom is -0.497 e. The fourth-order valence-electron chi connectivity index (χ4n) is 2.23. The lowest BCUT2D eigenvalue weighted by Crippen LogP contribution is -2.50. The SMILES string of the molecule is COc1ccc(OCC(=O)N2CC(c3nc(C)no3)C2)cc1. The molecule has 1 saturated heterocycles. The van der Waals surface area contributed by atoms with Crippen molar-refractivity contribution in [2.24, 2.45) is 0 Å². The van der Waals surface area contributed by atoms with Gasteiger partial charge >= 0.3 is 0 Å². The highest BCUT2D eigenvalue weighted by Crippen LogP contribution is 2.25. The average molecular weight is 303 g/mol. The number of amides is 1. The molecule has 3 rings (SSSR count). The largest absolute Gasteiger partial charge is 0.497 e. The highest BCUT2D eigenvalue weighted by Gasteiger charge is 2.35. The van der Waals surface area contributed by atoms with E-state index in [1.54, 1.807) is 43.2 Å². The molecule has 2 aromatic rings. The fraction of sp³-hybridized carbons (Fsp3) is 0.400. The summed E-state index contributed by atoms with van der Waals surface area (Å²) in [6, 6.07) is 7.12. The molecule has 0 bridgehead atoms. The molecule has 7 heteroatoms. The summed E-state index contributed by atoms with van der Waals surface area (Å²) in [7, 11) is 1.60. The van der Waals surface area contributed by atoms with E-state index < -0.39 is 0 Å². The number of benzene rings is 1. The number of rotatable bonds is 5. The Labute approximate surface area is 127 Å². The van der Waals surface area contributed by atoms with Crippen LogP contribution in [0.15, 0.2) is 28.8 Å². The third kappa shape index (κ3) is 3.03. The lowest BCUT2D eigenvalue weighted by atomic mass is 10.0. The molecule has 1 amide bonds. The molecule has 0 N–H and O–H groups in total. The van der Waals surface area contributed by atoms with Crippen LogP contribution in [0.1, 0.15) is 17.6 Å². The van der Waals surface area contributed by atoms with Crippen LogP contribution in [0, 0.1) is 6.92 Å². The van der Waals surface area contributed by atoms with Crippen molar-refractivity contribution in [3.63, 3.8) is 0 Å². The fourth-order valence-corrected chi connectivity index (χ4v) is 2.23. The molecule has 0 aliphatic carbocycles. The summed E-state index contributed by atoms with van der Waals surface area (Å²) < 4.78 is 15.6. The number of hydrogen-bond donors (Lipinski definition) is 0. The van der Waals surface area contributed by atoms with Gasteiger partial charge < -0.3 is 18.9 Å². The predicted molar refractivity (Wildman–Crippen MR) is 76.8 cm³/mol. The van der Waals surface area contributed by atoms with Crippen molar-refractivity contribution < 1.29 is 18.8 Å². The molecule has 7 nitrogen and oxygen atoms in total. The number of carbonyl (C=O) groups excluding carboxylic acids is 1. The van der Waals surface area contributed by atoms with E-state index in [-0.39, 0.29) is 18.4 Å². The normalized spacial score (nSPS) is 14.5. The molecule has 1 aliphatic heterocycles. The molecule has 0 radical (unpaired) electrons. The quantitative estimate of drug-likeness (QED) is 0.830. The Morgan fingerprint density at radius 2 is 2.00 bits per heavy atom. The van der Waals surface area contributed by atoms with E-state index in [0.717, 1.165) is 5.75 Å². The smallest absolute Gasteiger partial charge is 0.260 e. The molecule has 22 heavy (non-hydrogen) atoms. The summed E-state index contributed by atoms with van der Waals surface area (Å²) in [6.07, 6.45) is 0. The minimum atomic E-state index is -0.0525. The van der Waals surface area contributed by atoms with Gasteiger partial charge in [-0.05, 0) is 31.2 Å². The Hall–Kier alpha value is -2.57. The molecule has 1 aliphatic rings. The molecule has 1 aromatic carbocycles. The van der Waals surface area contributed by atoms with Gasteiger partial charge in [-0.15, -0.1) is 0 Å². The van der Waals surface area contributed by atoms with E-state index in [0.29, 0.717) is 30.6 Å². The Morgan fingerprint density at radius 3 is 2.59 bits per heavy atom. The standard InChI is InChI=1S/C15H17N3O4/c1-10-16-15(22-17-10)11-7-18(8-11)14(19)9-21-13-5-3-12(20-2)4-6-13/h3-6,11H,7-9H2,1-2H3. The first-order valence-corrected chi connectivity index (χ1v) is 7.00. The Balaban J connectivity index is 1.45. The van der Waals surface area contributed by atoms with Gasteiger partial charge in [0.1, 0.15) is 11.5 Å². The van der Waals surface area contributed by atoms with Crippen LogP contribution in [0.3, 0.4) is 0 Å². The van der Waals surface area contributed by atoms with E-state index in [9.17, 15) is 4.79 Å². The zero-order chi connectivity index (χ0) is 15.5. The number of aromatic nitrogens is 2. The van der Waals surface area contributed by atoms with E-state index in [1.807, 2.05) is 0 Å². The lowest BCUT2D eigenvalue weighted by molar-refractivity contribution is -0.138. The monoisotopic (exact) mass is 303 g/mol. The van der Waals surface area contributed by atoms with Crippen LogP contribution in [0.4, 0.5) is 0 Å². The highest BCUT2D eigenvalue weighted by atomic mass is 16.5. The molecular formula is C15H17N3O4. The van der Waals surface area contributed by atoms with Gasteiger partial charge in [0, 0.05) is 13.1 Å². The number of nitrogens with zero attached hydrogens (tertiary/aromatic N) is 3. The van der Waals surface area contributed by atoms with Crippen LogP contribution in [0.2, 0.25) is 0 Å². The molecule has 0 spiro atoms. The number of carbonyl (C=O) groups is 1. The summed E-state index contributed by atoms with van der Waals surface area (Å²) in [5.74, 6) is 2.67. The molecule has 1 fully saturated rings. The van der Waals surface area contributed by atoms with Crippen molar-refractivity contribution in [3.8, 4) is 11.5 Å². The summed E-state index contributed by atoms with van der Waals surface area (Å²) >= 11 is 0. The van der Waals surface area contributed by atoms with Crippen LogP contribution < -0.4 is 9.47 Å². The van der Waals surface area contributed by atoms with Crippen molar-refractivity contribution in [1.29, 1.82) is 0 Å². The minimum absolute atomic E-state index is 0.0158. The first-order chi connectivity index (χ1) is 10.7. The zero-order valence-corrected chi connectivity index (χ0v) is 12.5. The molecule has 1 aromatic heterocycles. The van der Waals surface area contributed by atoms with Crippen LogP contribution >= 0.6 is 0 Å². The van der Waals surface area contributed by atoms with E-state index in [1.165, 1.54) is 0 Å². The van der Waals surface area contributed by atoms with E-state index >= 15 is 0 Å². The van der Waals surface area contributed by atoms with Crippen LogP contribution in [0.5, 0.6) is 11.5 Å². The maximum absolute atomic E-state index is 12.0. The maximum Gasteiger partial charge on any atom is 0.260 e. The zero-order valence-electron chi connectivity index (χ0n) is 12.5. The number of methoxy groups -OCH3 is 1. The molecule has 2 heterocycles. The highest BCUT2D eigenvalue weighted by molar-refractivity contribution is 5.78. The van der Waals surface area contributed by atoms with Gasteiger partial charge in [-0.2, -0.15) is 4.98 Å². The maximum atomic E-state index is 12.0. The Kier molecular flexibility index (Phi) is 3.95. The Bertz CT molecular complexity index is 647. The molecular weight excluding hydrogens is 286 g/mol. The Morgan fingerprint density at radius 1 is 1.32 bits per heavy atom. The van der Waals surface area contributed by atoms with Gasteiger partial charge in [-0.25, -0.2) is 0 Å². The van der Waals surface area contributed by atoms with E-state index in [4.69, 9.17) is 14.0 Å². The number of likely N-dealkylation sites (tertiary alicyclic amines) is 1. The van der Waals surface area contributed by atoms with Crippen LogP contribution in [-0.4, -0.2) is 47.8 Å². The summed E-state index contributed by atoms with van der Waals surface area (Å²) in [6.45, 7) is 2.97. The molecule has 0 unspecified atom stereocenters. The first kappa shape index (κ1) is 14.4. The van der Waals surface area contributed by atoms with Crippen molar-refractivity contribution in [2.45, 2.75) is 12.8 Å². The van der Waals surface area contributed by atoms with Crippen LogP contribution in [-0.2, 0) is 4.79 Å². The average Bonchev–Trinajstić information content (AvgIpc) is 2.90. The predicted octanol–water partition coefficient (Wildman–Crippen LogP) is 1.39. The van der Waals surface area contributed by atoms with Gasteiger partial charge in [0.15, 0.2) is 12.4 Å².